The Kier molecular flexibility index (Phi) is 4.35. The van der Waals surface area contributed by atoms with E-state index in [0.29, 0.717) is 35.8 Å². The number of halogens is 1. The van der Waals surface area contributed by atoms with Crippen LogP contribution in [0, 0.1) is 11.7 Å². The third kappa shape index (κ3) is 3.51. The summed E-state index contributed by atoms with van der Waals surface area (Å²) < 4.78 is 38.6. The van der Waals surface area contributed by atoms with Crippen molar-refractivity contribution in [2.45, 2.75) is 12.8 Å². The highest BCUT2D eigenvalue weighted by molar-refractivity contribution is 7.88. The average molecular weight is 357 g/mol. The van der Waals surface area contributed by atoms with Gasteiger partial charge in [-0.25, -0.2) is 22.1 Å². The van der Waals surface area contributed by atoms with Crippen molar-refractivity contribution in [3.63, 3.8) is 0 Å². The lowest BCUT2D eigenvalue weighted by Crippen LogP contribution is -2.40. The van der Waals surface area contributed by atoms with Gasteiger partial charge in [0, 0.05) is 19.0 Å². The first-order valence-electron chi connectivity index (χ1n) is 7.15. The molecule has 1 amide bonds. The molecule has 1 aromatic heterocycles. The number of nitrogens with zero attached hydrogens (tertiary/aromatic N) is 2. The summed E-state index contributed by atoms with van der Waals surface area (Å²) in [7, 11) is -3.21. The molecule has 0 atom stereocenters. The number of aromatic nitrogens is 1. The van der Waals surface area contributed by atoms with E-state index in [2.05, 4.69) is 10.3 Å². The Morgan fingerprint density at radius 3 is 2.70 bits per heavy atom. The molecule has 1 aromatic carbocycles. The van der Waals surface area contributed by atoms with Gasteiger partial charge >= 0.3 is 0 Å². The number of nitrogens with one attached hydrogen (secondary N) is 1. The monoisotopic (exact) mass is 357 g/mol. The average Bonchev–Trinajstić information content (AvgIpc) is 2.90. The predicted octanol–water partition coefficient (Wildman–Crippen LogP) is 2.05. The van der Waals surface area contributed by atoms with E-state index in [4.69, 9.17) is 0 Å². The van der Waals surface area contributed by atoms with Crippen LogP contribution in [-0.2, 0) is 14.8 Å². The molecule has 0 radical (unpaired) electrons. The normalized spacial score (nSPS) is 17.5. The molecule has 2 heterocycles. The minimum Gasteiger partial charge on any atom is -0.302 e. The van der Waals surface area contributed by atoms with Crippen molar-refractivity contribution in [3.05, 3.63) is 24.0 Å². The van der Waals surface area contributed by atoms with E-state index in [0.717, 1.165) is 0 Å². The second kappa shape index (κ2) is 6.14. The number of rotatable bonds is 3. The molecule has 2 aromatic rings. The first-order valence-corrected chi connectivity index (χ1v) is 9.82. The Balaban J connectivity index is 1.66. The van der Waals surface area contributed by atoms with Crippen LogP contribution in [0.2, 0.25) is 0 Å². The van der Waals surface area contributed by atoms with Crippen LogP contribution in [0.25, 0.3) is 10.2 Å². The van der Waals surface area contributed by atoms with Crippen LogP contribution >= 0.6 is 11.3 Å². The van der Waals surface area contributed by atoms with Gasteiger partial charge in [-0.05, 0) is 25.0 Å². The Morgan fingerprint density at radius 1 is 1.39 bits per heavy atom. The van der Waals surface area contributed by atoms with Gasteiger partial charge in [0.1, 0.15) is 11.3 Å². The van der Waals surface area contributed by atoms with Crippen LogP contribution in [0.3, 0.4) is 0 Å². The van der Waals surface area contributed by atoms with Gasteiger partial charge in [0.2, 0.25) is 15.9 Å². The molecule has 0 unspecified atom stereocenters. The van der Waals surface area contributed by atoms with E-state index in [1.54, 1.807) is 12.1 Å². The van der Waals surface area contributed by atoms with Crippen molar-refractivity contribution < 1.29 is 17.6 Å². The number of fused-ring (bicyclic) bond motifs is 1. The summed E-state index contributed by atoms with van der Waals surface area (Å²) in [5.41, 5.74) is 0.250. The number of benzene rings is 1. The zero-order valence-corrected chi connectivity index (χ0v) is 14.1. The number of para-hydroxylation sites is 1. The zero-order chi connectivity index (χ0) is 16.6. The second-order valence-corrected chi connectivity index (χ2v) is 8.54. The minimum atomic E-state index is -3.21. The molecule has 6 nitrogen and oxygen atoms in total. The number of carbonyl (C=O) groups excluding carboxylic acids is 1. The molecule has 1 aliphatic heterocycles. The van der Waals surface area contributed by atoms with E-state index in [-0.39, 0.29) is 17.3 Å². The lowest BCUT2D eigenvalue weighted by atomic mass is 9.97. The zero-order valence-electron chi connectivity index (χ0n) is 12.5. The van der Waals surface area contributed by atoms with Crippen molar-refractivity contribution in [1.82, 2.24) is 9.29 Å². The number of hydrogen-bond acceptors (Lipinski definition) is 5. The predicted molar refractivity (Wildman–Crippen MR) is 87.3 cm³/mol. The molecular formula is C14H16FN3O3S2. The number of amides is 1. The fraction of sp³-hybridized carbons (Fsp3) is 0.429. The summed E-state index contributed by atoms with van der Waals surface area (Å²) in [6.07, 6.45) is 2.11. The van der Waals surface area contributed by atoms with E-state index >= 15 is 0 Å². The van der Waals surface area contributed by atoms with Gasteiger partial charge in [0.15, 0.2) is 5.13 Å². The van der Waals surface area contributed by atoms with Crippen LogP contribution < -0.4 is 5.32 Å². The minimum absolute atomic E-state index is 0.197. The van der Waals surface area contributed by atoms with Gasteiger partial charge in [0.25, 0.3) is 0 Å². The van der Waals surface area contributed by atoms with Gasteiger partial charge < -0.3 is 5.32 Å². The van der Waals surface area contributed by atoms with Crippen LogP contribution in [0.5, 0.6) is 0 Å². The number of anilines is 1. The van der Waals surface area contributed by atoms with Crippen LogP contribution in [0.4, 0.5) is 9.52 Å². The lowest BCUT2D eigenvalue weighted by Gasteiger charge is -2.29. The molecule has 0 aliphatic carbocycles. The summed E-state index contributed by atoms with van der Waals surface area (Å²) in [4.78, 5) is 16.4. The smallest absolute Gasteiger partial charge is 0.229 e. The Morgan fingerprint density at radius 2 is 2.09 bits per heavy atom. The van der Waals surface area contributed by atoms with Gasteiger partial charge in [0.05, 0.1) is 11.0 Å². The topological polar surface area (TPSA) is 79.4 Å². The van der Waals surface area contributed by atoms with Gasteiger partial charge in [-0.2, -0.15) is 0 Å². The molecule has 1 aliphatic rings. The molecule has 1 saturated heterocycles. The molecule has 1 N–H and O–H groups in total. The lowest BCUT2D eigenvalue weighted by molar-refractivity contribution is -0.120. The fourth-order valence-corrected chi connectivity index (χ4v) is 4.38. The largest absolute Gasteiger partial charge is 0.302 e. The SMILES string of the molecule is CS(=O)(=O)N1CCC(C(=O)Nc2nc3c(F)cccc3s2)CC1. The van der Waals surface area contributed by atoms with Crippen molar-refractivity contribution in [2.24, 2.45) is 5.92 Å². The van der Waals surface area contributed by atoms with Crippen molar-refractivity contribution >= 4 is 42.6 Å². The Hall–Kier alpha value is -1.58. The number of hydrogen-bond donors (Lipinski definition) is 1. The fourth-order valence-electron chi connectivity index (χ4n) is 2.63. The standard InChI is InChI=1S/C14H16FN3O3S2/c1-23(20,21)18-7-5-9(6-8-18)13(19)17-14-16-12-10(15)3-2-4-11(12)22-14/h2-4,9H,5-8H2,1H3,(H,16,17,19). The Labute approximate surface area is 137 Å². The Bertz CT molecular complexity index is 842. The van der Waals surface area contributed by atoms with Crippen molar-refractivity contribution in [2.75, 3.05) is 24.7 Å². The van der Waals surface area contributed by atoms with Crippen LogP contribution in [-0.4, -0.2) is 43.0 Å². The molecule has 124 valence electrons. The first-order chi connectivity index (χ1) is 10.8. The molecule has 9 heteroatoms. The van der Waals surface area contributed by atoms with Crippen LogP contribution in [0.15, 0.2) is 18.2 Å². The maximum Gasteiger partial charge on any atom is 0.229 e. The highest BCUT2D eigenvalue weighted by Crippen LogP contribution is 2.28. The maximum atomic E-state index is 13.6. The summed E-state index contributed by atoms with van der Waals surface area (Å²) in [5.74, 6) is -0.872. The van der Waals surface area contributed by atoms with E-state index < -0.39 is 15.8 Å². The molecule has 0 spiro atoms. The summed E-state index contributed by atoms with van der Waals surface area (Å²) >= 11 is 1.22. The van der Waals surface area contributed by atoms with Crippen molar-refractivity contribution in [3.8, 4) is 0 Å². The number of carbonyl (C=O) groups is 1. The highest BCUT2D eigenvalue weighted by atomic mass is 32.2. The third-order valence-corrected chi connectivity index (χ3v) is 6.13. The molecule has 0 saturated carbocycles. The van der Waals surface area contributed by atoms with Crippen LogP contribution in [0.1, 0.15) is 12.8 Å². The number of piperidine rings is 1. The maximum absolute atomic E-state index is 13.6. The molecule has 1 fully saturated rings. The number of sulfonamides is 1. The van der Waals surface area contributed by atoms with E-state index in [9.17, 15) is 17.6 Å². The van der Waals surface area contributed by atoms with Crippen molar-refractivity contribution in [1.29, 1.82) is 0 Å². The highest BCUT2D eigenvalue weighted by Gasteiger charge is 2.29. The van der Waals surface area contributed by atoms with Gasteiger partial charge in [-0.15, -0.1) is 0 Å². The summed E-state index contributed by atoms with van der Waals surface area (Å²) in [6, 6.07) is 4.67. The summed E-state index contributed by atoms with van der Waals surface area (Å²) in [5, 5.41) is 3.08. The second-order valence-electron chi connectivity index (χ2n) is 5.53. The van der Waals surface area contributed by atoms with Gasteiger partial charge in [-0.3, -0.25) is 4.79 Å². The van der Waals surface area contributed by atoms with Gasteiger partial charge in [-0.1, -0.05) is 17.4 Å². The molecule has 23 heavy (non-hydrogen) atoms. The first kappa shape index (κ1) is 16.3. The molecule has 3 rings (SSSR count). The molecular weight excluding hydrogens is 341 g/mol. The molecule has 0 bridgehead atoms. The third-order valence-electron chi connectivity index (χ3n) is 3.89. The van der Waals surface area contributed by atoms with E-state index in [1.807, 2.05) is 0 Å². The van der Waals surface area contributed by atoms with E-state index in [1.165, 1.54) is 28.0 Å². The number of thiazole rings is 1. The summed E-state index contributed by atoms with van der Waals surface area (Å²) in [6.45, 7) is 0.677. The quantitative estimate of drug-likeness (QED) is 0.912.